The second kappa shape index (κ2) is 18.7. The number of alkyl halides is 8. The third-order valence-corrected chi connectivity index (χ3v) is 14.5. The van der Waals surface area contributed by atoms with Crippen molar-refractivity contribution in [3.63, 3.8) is 0 Å². The predicted octanol–water partition coefficient (Wildman–Crippen LogP) is 6.08. The number of aromatic nitrogens is 5. The van der Waals surface area contributed by atoms with Crippen molar-refractivity contribution in [2.24, 2.45) is 11.7 Å². The largest absolute Gasteiger partial charge is 0.448 e. The first kappa shape index (κ1) is 52.0. The summed E-state index contributed by atoms with van der Waals surface area (Å²) in [6, 6.07) is 5.14. The molecule has 2 aliphatic rings. The van der Waals surface area contributed by atoms with Crippen LogP contribution in [0.5, 0.6) is 0 Å². The van der Waals surface area contributed by atoms with Gasteiger partial charge in [-0.15, -0.1) is 0 Å². The van der Waals surface area contributed by atoms with Crippen LogP contribution in [0.4, 0.5) is 43.9 Å². The summed E-state index contributed by atoms with van der Waals surface area (Å²) in [6.45, 7) is -3.07. The molecule has 1 unspecified atom stereocenters. The molecule has 3 aromatic heterocycles. The van der Waals surface area contributed by atoms with Gasteiger partial charge in [-0.25, -0.2) is 30.6 Å². The van der Waals surface area contributed by atoms with Crippen LogP contribution in [0.1, 0.15) is 71.8 Å². The van der Waals surface area contributed by atoms with Crippen molar-refractivity contribution >= 4 is 55.1 Å². The zero-order chi connectivity index (χ0) is 51.6. The molecule has 376 valence electrons. The summed E-state index contributed by atoms with van der Waals surface area (Å²) in [5.41, 5.74) is -0.505. The first-order chi connectivity index (χ1) is 32.4. The number of nitrogens with zero attached hydrogens (tertiary/aromatic N) is 6. The van der Waals surface area contributed by atoms with Crippen LogP contribution in [0.15, 0.2) is 42.5 Å². The fourth-order valence-electron chi connectivity index (χ4n) is 7.99. The highest BCUT2D eigenvalue weighted by molar-refractivity contribution is 7.92. The molecule has 0 aliphatic heterocycles. The third kappa shape index (κ3) is 10.7. The van der Waals surface area contributed by atoms with Crippen molar-refractivity contribution in [2.75, 3.05) is 19.5 Å². The maximum absolute atomic E-state index is 15.5. The van der Waals surface area contributed by atoms with E-state index in [4.69, 9.17) is 22.1 Å². The van der Waals surface area contributed by atoms with Crippen molar-refractivity contribution in [1.82, 2.24) is 34.2 Å². The highest BCUT2D eigenvalue weighted by Gasteiger charge is 2.68. The number of thiol groups is 1. The number of rotatable bonds is 15. The number of halogens is 11. The number of nitrogens with one attached hydrogen (secondary N) is 1. The lowest BCUT2D eigenvalue weighted by Crippen LogP contribution is -2.35. The molecule has 1 fully saturated rings. The Morgan fingerprint density at radius 3 is 2.29 bits per heavy atom. The van der Waals surface area contributed by atoms with E-state index in [1.54, 1.807) is 0 Å². The second-order valence-corrected chi connectivity index (χ2v) is 20.9. The highest BCUT2D eigenvalue weighted by Crippen LogP contribution is 2.68. The molecule has 1 saturated carbocycles. The van der Waals surface area contributed by atoms with Crippen LogP contribution in [0.2, 0.25) is 5.02 Å². The molecule has 0 radical (unpaired) electrons. The van der Waals surface area contributed by atoms with Crippen LogP contribution in [-0.2, 0) is 73.2 Å². The molecule has 3 N–H and O–H groups in total. The lowest BCUT2D eigenvalue weighted by atomic mass is 9.93. The molecule has 0 saturated heterocycles. The number of pyridine rings is 1. The summed E-state index contributed by atoms with van der Waals surface area (Å²) < 4.78 is 200. The van der Waals surface area contributed by atoms with Crippen molar-refractivity contribution < 1.29 is 75.1 Å². The van der Waals surface area contributed by atoms with E-state index in [-0.39, 0.29) is 43.9 Å². The van der Waals surface area contributed by atoms with Gasteiger partial charge in [0, 0.05) is 40.3 Å². The molecule has 3 atom stereocenters. The first-order valence-corrected chi connectivity index (χ1v) is 23.8. The number of benzene rings is 2. The summed E-state index contributed by atoms with van der Waals surface area (Å²) >= 11 is 6.60. The lowest BCUT2D eigenvalue weighted by molar-refractivity contribution is -0.145. The first-order valence-electron chi connectivity index (χ1n) is 20.4. The fraction of sp³-hybridized carbons (Fsp3) is 0.405. The SMILES string of the molecule is CC(C)(C#Cc1ccc(-c2ccc(Cl)c3c(CN(COC(=O)CN)[SH](=O)=O)nn(CC(F)(F)F)c23)c(C(Cc2cc(F)cc(F)c2)NC(=O)Cn2nc(C(F)(F)F)c3c2C(F)(F)[C@@H]2C[C@H]32)n1)S(C)(=O)=O. The van der Waals surface area contributed by atoms with Gasteiger partial charge in [0.05, 0.1) is 41.1 Å². The zero-order valence-electron chi connectivity index (χ0n) is 36.4. The molecular weight excluding hydrogens is 1020 g/mol. The number of fused-ring (bicyclic) bond motifs is 4. The number of sulfone groups is 1. The normalized spacial score (nSPS) is 17.0. The topological polar surface area (TPSA) is 201 Å². The van der Waals surface area contributed by atoms with Crippen molar-refractivity contribution in [2.45, 2.75) is 81.3 Å². The molecule has 3 heterocycles. The quantitative estimate of drug-likeness (QED) is 0.0361. The molecule has 5 aromatic rings. The van der Waals surface area contributed by atoms with Crippen LogP contribution < -0.4 is 11.1 Å². The van der Waals surface area contributed by atoms with E-state index in [0.717, 1.165) is 18.4 Å². The number of amides is 1. The van der Waals surface area contributed by atoms with E-state index in [0.29, 0.717) is 15.1 Å². The molecule has 1 amide bonds. The van der Waals surface area contributed by atoms with Crippen LogP contribution in [0.25, 0.3) is 22.0 Å². The maximum atomic E-state index is 15.5. The van der Waals surface area contributed by atoms with Gasteiger partial charge < -0.3 is 15.8 Å². The number of carbonyl (C=O) groups is 2. The smallest absolute Gasteiger partial charge is 0.435 e. The summed E-state index contributed by atoms with van der Waals surface area (Å²) in [7, 11) is -7.50. The van der Waals surface area contributed by atoms with E-state index >= 15 is 8.78 Å². The Balaban J connectivity index is 1.44. The molecule has 0 bridgehead atoms. The minimum atomic E-state index is -5.21. The average Bonchev–Trinajstić information content (AvgIpc) is 3.75. The molecule has 7 rings (SSSR count). The van der Waals surface area contributed by atoms with Gasteiger partial charge in [-0.05, 0) is 74.4 Å². The number of ether oxygens (including phenoxy) is 1. The average molecular weight is 1060 g/mol. The molecule has 15 nitrogen and oxygen atoms in total. The Morgan fingerprint density at radius 2 is 1.69 bits per heavy atom. The lowest BCUT2D eigenvalue weighted by Gasteiger charge is -2.23. The monoisotopic (exact) mass is 1050 g/mol. The van der Waals surface area contributed by atoms with Crippen LogP contribution >= 0.6 is 11.6 Å². The molecule has 70 heavy (non-hydrogen) atoms. The third-order valence-electron chi connectivity index (χ3n) is 11.5. The van der Waals surface area contributed by atoms with E-state index in [1.165, 1.54) is 38.1 Å². The summed E-state index contributed by atoms with van der Waals surface area (Å²) in [6.07, 6.45) is -10.3. The standard InChI is InChI=1S/C42H37ClF10N8O7S2/c1-39(2,70(3,66)67)9-8-23-4-5-24(25-6-7-28(43)34-30(57-61(36(25)34)18-40(46,47)48)16-59(69(64)65)19-68-32(63)15-54)35(55-23)29(12-20-10-21(44)13-22(45)11-20)56-31(62)17-60-38-33(37(58-60)42(51,52)53)26-14-27(26)41(38,49)50/h4-7,10-11,13,26-27,29,69H,12,14-19,54H2,1-3H3,(H,56,62)/t26-,27+,29?/m0/s1. The van der Waals surface area contributed by atoms with Crippen molar-refractivity contribution in [3.8, 4) is 23.0 Å². The second-order valence-electron chi connectivity index (χ2n) is 16.9. The van der Waals surface area contributed by atoms with Crippen LogP contribution in [0, 0.1) is 29.4 Å². The predicted molar refractivity (Wildman–Crippen MR) is 229 cm³/mol. The minimum absolute atomic E-state index is 0.206. The van der Waals surface area contributed by atoms with Gasteiger partial charge in [0.15, 0.2) is 22.3 Å². The fourth-order valence-corrected chi connectivity index (χ4v) is 8.89. The Morgan fingerprint density at radius 1 is 1.03 bits per heavy atom. The number of hydrogen-bond acceptors (Lipinski definition) is 11. The Kier molecular flexibility index (Phi) is 13.9. The van der Waals surface area contributed by atoms with Gasteiger partial charge in [-0.2, -0.15) is 49.6 Å². The molecule has 2 aliphatic carbocycles. The Hall–Kier alpha value is -5.82. The minimum Gasteiger partial charge on any atom is -0.448 e. The zero-order valence-corrected chi connectivity index (χ0v) is 38.8. The summed E-state index contributed by atoms with van der Waals surface area (Å²) in [5.74, 6) is -5.97. The maximum Gasteiger partial charge on any atom is 0.435 e. The van der Waals surface area contributed by atoms with Gasteiger partial charge in [-0.1, -0.05) is 23.6 Å². The Labute approximate surface area is 397 Å². The van der Waals surface area contributed by atoms with Gasteiger partial charge in [0.2, 0.25) is 16.8 Å². The van der Waals surface area contributed by atoms with Crippen LogP contribution in [0.3, 0.4) is 0 Å². The van der Waals surface area contributed by atoms with Gasteiger partial charge in [-0.3, -0.25) is 19.0 Å². The van der Waals surface area contributed by atoms with E-state index in [1.807, 2.05) is 0 Å². The molecule has 0 spiro atoms. The summed E-state index contributed by atoms with van der Waals surface area (Å²) in [4.78, 5) is 30.4. The van der Waals surface area contributed by atoms with Gasteiger partial charge >= 0.3 is 18.3 Å². The van der Waals surface area contributed by atoms with E-state index < -0.39 is 158 Å². The van der Waals surface area contributed by atoms with Gasteiger partial charge in [0.25, 0.3) is 5.92 Å². The molecule has 28 heteroatoms. The number of carbonyl (C=O) groups excluding carboxylic acids is 2. The Bertz CT molecular complexity index is 3170. The van der Waals surface area contributed by atoms with Crippen molar-refractivity contribution in [1.29, 1.82) is 0 Å². The summed E-state index contributed by atoms with van der Waals surface area (Å²) in [5, 5.41) is 9.28. The van der Waals surface area contributed by atoms with Crippen molar-refractivity contribution in [3.05, 3.63) is 98.7 Å². The highest BCUT2D eigenvalue weighted by atomic mass is 35.5. The number of hydrogen-bond donors (Lipinski definition) is 3. The number of esters is 1. The van der Waals surface area contributed by atoms with Gasteiger partial charge in [0.1, 0.15) is 40.9 Å². The molecule has 2 aromatic carbocycles. The van der Waals surface area contributed by atoms with E-state index in [2.05, 4.69) is 32.3 Å². The number of nitrogens with two attached hydrogens (primary N) is 1. The van der Waals surface area contributed by atoms with Crippen LogP contribution in [-0.4, -0.2) is 88.0 Å². The molecular formula is C42H37ClF10N8O7S2. The van der Waals surface area contributed by atoms with E-state index in [9.17, 15) is 61.5 Å².